The fourth-order valence-electron chi connectivity index (χ4n) is 1.48. The molecule has 6 nitrogen and oxygen atoms in total. The highest BCUT2D eigenvalue weighted by Crippen LogP contribution is 2.13. The Bertz CT molecular complexity index is 532. The molecule has 1 unspecified atom stereocenters. The van der Waals surface area contributed by atoms with E-state index in [2.05, 4.69) is 5.32 Å². The lowest BCUT2D eigenvalue weighted by atomic mass is 10.2. The zero-order chi connectivity index (χ0) is 15.8. The number of hydrogen-bond acceptors (Lipinski definition) is 5. The number of nitrogens with zero attached hydrogens (tertiary/aromatic N) is 1. The molecule has 0 aromatic heterocycles. The van der Waals surface area contributed by atoms with Crippen LogP contribution in [-0.2, 0) is 9.53 Å². The molecule has 0 aliphatic heterocycles. The first kappa shape index (κ1) is 16.5. The average Bonchev–Trinajstić information content (AvgIpc) is 2.44. The van der Waals surface area contributed by atoms with Gasteiger partial charge in [0.1, 0.15) is 18.4 Å². The number of benzene rings is 1. The van der Waals surface area contributed by atoms with Crippen LogP contribution in [0.4, 0.5) is 0 Å². The molecular weight excluding hydrogens is 272 g/mol. The van der Waals surface area contributed by atoms with Gasteiger partial charge in [-0.2, -0.15) is 5.26 Å². The molecule has 0 heterocycles. The van der Waals surface area contributed by atoms with Crippen molar-refractivity contribution < 1.29 is 19.1 Å². The van der Waals surface area contributed by atoms with Gasteiger partial charge in [0.05, 0.1) is 6.10 Å². The molecule has 1 atom stereocenters. The summed E-state index contributed by atoms with van der Waals surface area (Å²) in [5.41, 5.74) is 0.409. The van der Waals surface area contributed by atoms with Crippen molar-refractivity contribution in [1.29, 1.82) is 5.26 Å². The van der Waals surface area contributed by atoms with E-state index in [4.69, 9.17) is 14.7 Å². The van der Waals surface area contributed by atoms with Crippen molar-refractivity contribution in [3.05, 3.63) is 29.8 Å². The number of carbonyl (C=O) groups excluding carboxylic acids is 2. The van der Waals surface area contributed by atoms with Crippen LogP contribution in [0.5, 0.6) is 5.75 Å². The topological polar surface area (TPSA) is 88.4 Å². The van der Waals surface area contributed by atoms with Crippen molar-refractivity contribution in [1.82, 2.24) is 5.32 Å². The van der Waals surface area contributed by atoms with Crippen LogP contribution in [0.15, 0.2) is 24.3 Å². The van der Waals surface area contributed by atoms with Gasteiger partial charge >= 0.3 is 5.97 Å². The first-order chi connectivity index (χ1) is 9.92. The molecule has 0 aliphatic carbocycles. The van der Waals surface area contributed by atoms with Gasteiger partial charge in [-0.05, 0) is 45.0 Å². The van der Waals surface area contributed by atoms with Crippen LogP contribution >= 0.6 is 0 Å². The number of esters is 1. The second-order valence-corrected chi connectivity index (χ2v) is 4.63. The predicted molar refractivity (Wildman–Crippen MR) is 75.7 cm³/mol. The van der Waals surface area contributed by atoms with Crippen LogP contribution in [0.25, 0.3) is 0 Å². The maximum absolute atomic E-state index is 11.8. The Morgan fingerprint density at radius 2 is 1.86 bits per heavy atom. The van der Waals surface area contributed by atoms with Gasteiger partial charge in [-0.15, -0.1) is 0 Å². The van der Waals surface area contributed by atoms with Crippen LogP contribution in [0.1, 0.15) is 31.1 Å². The molecule has 1 rings (SSSR count). The van der Waals surface area contributed by atoms with Gasteiger partial charge < -0.3 is 14.8 Å². The second-order valence-electron chi connectivity index (χ2n) is 4.63. The standard InChI is InChI=1S/C15H18N2O4/c1-10(2)20-13-6-4-12(5-7-13)15(19)17-9-14(18)21-11(3)8-16/h4-7,10-11H,9H2,1-3H3,(H,17,19). The maximum atomic E-state index is 11.8. The zero-order valence-electron chi connectivity index (χ0n) is 12.3. The lowest BCUT2D eigenvalue weighted by molar-refractivity contribution is -0.144. The SMILES string of the molecule is CC(C)Oc1ccc(C(=O)NCC(=O)OC(C)C#N)cc1. The molecule has 1 amide bonds. The van der Waals surface area contributed by atoms with Gasteiger partial charge in [-0.25, -0.2) is 0 Å². The summed E-state index contributed by atoms with van der Waals surface area (Å²) < 4.78 is 10.2. The zero-order valence-corrected chi connectivity index (χ0v) is 12.3. The van der Waals surface area contributed by atoms with Crippen molar-refractivity contribution in [3.63, 3.8) is 0 Å². The number of carbonyl (C=O) groups is 2. The normalized spacial score (nSPS) is 11.4. The van der Waals surface area contributed by atoms with E-state index >= 15 is 0 Å². The quantitative estimate of drug-likeness (QED) is 0.805. The number of hydrogen-bond donors (Lipinski definition) is 1. The number of amides is 1. The average molecular weight is 290 g/mol. The van der Waals surface area contributed by atoms with Gasteiger partial charge in [-0.3, -0.25) is 9.59 Å². The fraction of sp³-hybridized carbons (Fsp3) is 0.400. The highest BCUT2D eigenvalue weighted by molar-refractivity contribution is 5.96. The van der Waals surface area contributed by atoms with Crippen LogP contribution < -0.4 is 10.1 Å². The van der Waals surface area contributed by atoms with Crippen LogP contribution in [0.2, 0.25) is 0 Å². The number of nitriles is 1. The smallest absolute Gasteiger partial charge is 0.326 e. The molecule has 21 heavy (non-hydrogen) atoms. The molecule has 0 radical (unpaired) electrons. The highest BCUT2D eigenvalue weighted by atomic mass is 16.5. The van der Waals surface area contributed by atoms with Crippen molar-refractivity contribution in [2.24, 2.45) is 0 Å². The summed E-state index contributed by atoms with van der Waals surface area (Å²) >= 11 is 0. The molecular formula is C15H18N2O4. The summed E-state index contributed by atoms with van der Waals surface area (Å²) in [7, 11) is 0. The Balaban J connectivity index is 2.49. The van der Waals surface area contributed by atoms with Crippen molar-refractivity contribution >= 4 is 11.9 Å². The Morgan fingerprint density at radius 3 is 2.38 bits per heavy atom. The Morgan fingerprint density at radius 1 is 1.24 bits per heavy atom. The second kappa shape index (κ2) is 7.90. The molecule has 1 aromatic carbocycles. The third kappa shape index (κ3) is 5.95. The molecule has 0 fully saturated rings. The van der Waals surface area contributed by atoms with E-state index in [9.17, 15) is 9.59 Å². The Labute approximate surface area is 123 Å². The summed E-state index contributed by atoms with van der Waals surface area (Å²) in [6, 6.07) is 8.35. The van der Waals surface area contributed by atoms with Crippen molar-refractivity contribution in [3.8, 4) is 11.8 Å². The molecule has 0 saturated carbocycles. The van der Waals surface area contributed by atoms with E-state index in [-0.39, 0.29) is 12.6 Å². The molecule has 1 aromatic rings. The lowest BCUT2D eigenvalue weighted by Crippen LogP contribution is -2.31. The van der Waals surface area contributed by atoms with Gasteiger partial charge in [0.15, 0.2) is 6.10 Å². The van der Waals surface area contributed by atoms with E-state index in [1.807, 2.05) is 13.8 Å². The summed E-state index contributed by atoms with van der Waals surface area (Å²) in [4.78, 5) is 23.1. The minimum absolute atomic E-state index is 0.0570. The molecule has 0 saturated heterocycles. The third-order valence-electron chi connectivity index (χ3n) is 2.37. The van der Waals surface area contributed by atoms with E-state index in [0.29, 0.717) is 11.3 Å². The molecule has 0 spiro atoms. The van der Waals surface area contributed by atoms with Crippen molar-refractivity contribution in [2.45, 2.75) is 33.0 Å². The molecule has 6 heteroatoms. The summed E-state index contributed by atoms with van der Waals surface area (Å²) in [6.45, 7) is 4.99. The molecule has 112 valence electrons. The predicted octanol–water partition coefficient (Wildman–Crippen LogP) is 1.66. The monoisotopic (exact) mass is 290 g/mol. The Kier molecular flexibility index (Phi) is 6.21. The maximum Gasteiger partial charge on any atom is 0.326 e. The summed E-state index contributed by atoms with van der Waals surface area (Å²) in [5.74, 6) is -0.381. The van der Waals surface area contributed by atoms with Gasteiger partial charge in [0.25, 0.3) is 5.91 Å². The number of ether oxygens (including phenoxy) is 2. The van der Waals surface area contributed by atoms with Gasteiger partial charge in [-0.1, -0.05) is 0 Å². The van der Waals surface area contributed by atoms with E-state index in [0.717, 1.165) is 0 Å². The fourth-order valence-corrected chi connectivity index (χ4v) is 1.48. The first-order valence-corrected chi connectivity index (χ1v) is 6.56. The number of rotatable bonds is 6. The van der Waals surface area contributed by atoms with Gasteiger partial charge in [0.2, 0.25) is 0 Å². The number of nitrogens with one attached hydrogen (secondary N) is 1. The minimum atomic E-state index is -0.832. The Hall–Kier alpha value is -2.55. The van der Waals surface area contributed by atoms with Crippen molar-refractivity contribution in [2.75, 3.05) is 6.54 Å². The molecule has 1 N–H and O–H groups in total. The first-order valence-electron chi connectivity index (χ1n) is 6.56. The van der Waals surface area contributed by atoms with Crippen LogP contribution in [0.3, 0.4) is 0 Å². The third-order valence-corrected chi connectivity index (χ3v) is 2.37. The minimum Gasteiger partial charge on any atom is -0.491 e. The summed E-state index contributed by atoms with van der Waals surface area (Å²) in [5, 5.41) is 10.9. The molecule has 0 bridgehead atoms. The van der Waals surface area contributed by atoms with E-state index in [1.54, 1.807) is 30.3 Å². The van der Waals surface area contributed by atoms with Crippen LogP contribution in [0, 0.1) is 11.3 Å². The summed E-state index contributed by atoms with van der Waals surface area (Å²) in [6.07, 6.45) is -0.775. The van der Waals surface area contributed by atoms with E-state index < -0.39 is 18.0 Å². The van der Waals surface area contributed by atoms with Gasteiger partial charge in [0, 0.05) is 5.56 Å². The highest BCUT2D eigenvalue weighted by Gasteiger charge is 2.11. The lowest BCUT2D eigenvalue weighted by Gasteiger charge is -2.10. The van der Waals surface area contributed by atoms with E-state index in [1.165, 1.54) is 6.92 Å². The molecule has 0 aliphatic rings. The van der Waals surface area contributed by atoms with Crippen LogP contribution in [-0.4, -0.2) is 30.6 Å². The largest absolute Gasteiger partial charge is 0.491 e.